The van der Waals surface area contributed by atoms with Gasteiger partial charge in [-0.15, -0.1) is 0 Å². The molecule has 0 unspecified atom stereocenters. The number of thiocarbonyl (C=S) groups is 4. The first-order valence-corrected chi connectivity index (χ1v) is 10.4. The molecule has 0 saturated carbocycles. The Morgan fingerprint density at radius 2 is 0.538 bits per heavy atom. The molecule has 152 valence electrons. The van der Waals surface area contributed by atoms with E-state index in [4.69, 9.17) is 3.40 Å². The van der Waals surface area contributed by atoms with Crippen LogP contribution in [0.15, 0.2) is 0 Å². The summed E-state index contributed by atoms with van der Waals surface area (Å²) >= 11 is 37.2. The average molecular weight is 593 g/mol. The SMILES string of the molecule is CN(C)C(=S)[S-].CN(C)C(=S)[S-].CN(C)C(=S)[S-].CN(C)C(=S)[S-].[O]=[Mo+4]. The third-order valence-electron chi connectivity index (χ3n) is 1.46. The number of rotatable bonds is 0. The van der Waals surface area contributed by atoms with Crippen molar-refractivity contribution in [1.29, 1.82) is 0 Å². The van der Waals surface area contributed by atoms with Gasteiger partial charge in [0.05, 0.1) is 0 Å². The second-order valence-corrected chi connectivity index (χ2v) is 8.77. The fourth-order valence-electron chi connectivity index (χ4n) is 0. The van der Waals surface area contributed by atoms with E-state index in [1.54, 1.807) is 19.6 Å². The van der Waals surface area contributed by atoms with Gasteiger partial charge in [-0.3, -0.25) is 0 Å². The van der Waals surface area contributed by atoms with E-state index >= 15 is 0 Å². The van der Waals surface area contributed by atoms with Gasteiger partial charge in [0.1, 0.15) is 0 Å². The molecule has 0 spiro atoms. The Hall–Kier alpha value is 0.928. The minimum atomic E-state index is 0.509. The number of hydrogen-bond acceptors (Lipinski definition) is 9. The van der Waals surface area contributed by atoms with E-state index in [9.17, 15) is 0 Å². The fourth-order valence-corrected chi connectivity index (χ4v) is 0. The van der Waals surface area contributed by atoms with Crippen LogP contribution in [0.5, 0.6) is 0 Å². The Morgan fingerprint density at radius 1 is 0.500 bits per heavy atom. The van der Waals surface area contributed by atoms with Gasteiger partial charge in [0.25, 0.3) is 0 Å². The Balaban J connectivity index is -0.0000000729. The maximum atomic E-state index is 8.26. The van der Waals surface area contributed by atoms with Crippen LogP contribution in [0.4, 0.5) is 0 Å². The van der Waals surface area contributed by atoms with Gasteiger partial charge in [-0.2, -0.15) is 0 Å². The topological polar surface area (TPSA) is 30.0 Å². The summed E-state index contributed by atoms with van der Waals surface area (Å²) < 4.78 is 10.3. The molecule has 0 heterocycles. The summed E-state index contributed by atoms with van der Waals surface area (Å²) in [5, 5.41) is 0. The van der Waals surface area contributed by atoms with Gasteiger partial charge < -0.3 is 119 Å². The van der Waals surface area contributed by atoms with E-state index < -0.39 is 0 Å². The van der Waals surface area contributed by atoms with Crippen LogP contribution in [-0.4, -0.2) is 93.3 Å². The van der Waals surface area contributed by atoms with Crippen LogP contribution in [-0.2, 0) is 73.7 Å². The van der Waals surface area contributed by atoms with Crippen molar-refractivity contribution >= 4 is 117 Å². The predicted octanol–water partition coefficient (Wildman–Crippen LogP) is 1.40. The molecule has 5 nitrogen and oxygen atoms in total. The van der Waals surface area contributed by atoms with Gasteiger partial charge in [-0.1, -0.05) is 17.3 Å². The second-order valence-electron chi connectivity index (χ2n) is 4.64. The van der Waals surface area contributed by atoms with E-state index in [1.807, 2.05) is 56.4 Å². The van der Waals surface area contributed by atoms with Crippen molar-refractivity contribution in [2.45, 2.75) is 0 Å². The van der Waals surface area contributed by atoms with Crippen molar-refractivity contribution in [2.75, 3.05) is 56.4 Å². The molecule has 0 aliphatic rings. The monoisotopic (exact) mass is 594 g/mol. The molecule has 0 N–H and O–H groups in total. The van der Waals surface area contributed by atoms with Crippen LogP contribution >= 0.6 is 48.9 Å². The second kappa shape index (κ2) is 25.9. The van der Waals surface area contributed by atoms with Crippen molar-refractivity contribution in [2.24, 2.45) is 0 Å². The molecule has 0 radical (unpaired) electrons. The van der Waals surface area contributed by atoms with Gasteiger partial charge in [-0.25, -0.2) is 0 Å². The van der Waals surface area contributed by atoms with Crippen molar-refractivity contribution in [3.05, 3.63) is 0 Å². The standard InChI is InChI=1S/4C3H7NS2.Mo.O/c4*1-4(2)3(5)6;;/h4*1-2H3,(H,5,6);;/q;;;;+4;/p-4. The molecule has 26 heavy (non-hydrogen) atoms. The molecule has 0 atom stereocenters. The quantitative estimate of drug-likeness (QED) is 0.231. The van der Waals surface area contributed by atoms with E-state index in [1.165, 1.54) is 0 Å². The van der Waals surface area contributed by atoms with Crippen LogP contribution < -0.4 is 0 Å². The molecule has 0 fully saturated rings. The summed E-state index contributed by atoms with van der Waals surface area (Å²) in [5.74, 6) is 0. The normalized spacial score (nSPS) is 7.31. The first kappa shape index (κ1) is 37.6. The molecule has 0 aromatic heterocycles. The fraction of sp³-hybridized carbons (Fsp3) is 0.667. The Bertz CT molecular complexity index is 337. The van der Waals surface area contributed by atoms with Crippen LogP contribution in [0.3, 0.4) is 0 Å². The third kappa shape index (κ3) is 49.8. The number of hydrogen-bond donors (Lipinski definition) is 0. The molecule has 0 aromatic carbocycles. The van der Waals surface area contributed by atoms with Gasteiger partial charge in [-0.05, 0) is 0 Å². The summed E-state index contributed by atoms with van der Waals surface area (Å²) in [6.45, 7) is 0. The Labute approximate surface area is 213 Å². The molecule has 0 bridgehead atoms. The summed E-state index contributed by atoms with van der Waals surface area (Å²) in [6.07, 6.45) is 0. The summed E-state index contributed by atoms with van der Waals surface area (Å²) in [5.41, 5.74) is 0. The molecular formula is C12H24MoN4OS8. The van der Waals surface area contributed by atoms with Crippen molar-refractivity contribution in [1.82, 2.24) is 19.6 Å². The van der Waals surface area contributed by atoms with E-state index in [0.717, 1.165) is 0 Å². The van der Waals surface area contributed by atoms with Crippen molar-refractivity contribution in [3.8, 4) is 0 Å². The number of nitrogens with zero attached hydrogens (tertiary/aromatic N) is 4. The Morgan fingerprint density at radius 3 is 0.538 bits per heavy atom. The third-order valence-corrected chi connectivity index (χ3v) is 4.38. The molecule has 0 aliphatic carbocycles. The first-order valence-electron chi connectivity index (χ1n) is 6.27. The molecule has 0 saturated heterocycles. The molecule has 0 amide bonds. The van der Waals surface area contributed by atoms with E-state index in [-0.39, 0.29) is 0 Å². The zero-order chi connectivity index (χ0) is 22.6. The average Bonchev–Trinajstić information content (AvgIpc) is 2.50. The van der Waals surface area contributed by atoms with Gasteiger partial charge >= 0.3 is 23.2 Å². The van der Waals surface area contributed by atoms with Gasteiger partial charge in [0, 0.05) is 56.4 Å². The summed E-state index contributed by atoms with van der Waals surface area (Å²) in [7, 11) is 14.6. The van der Waals surface area contributed by atoms with Crippen molar-refractivity contribution in [3.63, 3.8) is 0 Å². The summed E-state index contributed by atoms with van der Waals surface area (Å²) in [6, 6.07) is 0. The van der Waals surface area contributed by atoms with Gasteiger partial charge in [0.2, 0.25) is 0 Å². The van der Waals surface area contributed by atoms with Crippen LogP contribution in [0, 0.1) is 0 Å². The predicted molar refractivity (Wildman–Crippen MR) is 135 cm³/mol. The summed E-state index contributed by atoms with van der Waals surface area (Å²) in [4.78, 5) is 6.85. The molecule has 0 rings (SSSR count). The zero-order valence-corrected chi connectivity index (χ0v) is 24.4. The molecule has 14 heteroatoms. The van der Waals surface area contributed by atoms with Crippen molar-refractivity contribution < 1.29 is 23.2 Å². The Kier molecular flexibility index (Phi) is 37.5. The first-order chi connectivity index (χ1) is 11.6. The van der Waals surface area contributed by atoms with E-state index in [2.05, 4.69) is 99.4 Å². The molecule has 0 aliphatic heterocycles. The maximum absolute atomic E-state index is 8.26. The van der Waals surface area contributed by atoms with Crippen LogP contribution in [0.25, 0.3) is 0 Å². The molecule has 0 aromatic rings. The van der Waals surface area contributed by atoms with Gasteiger partial charge in [0.15, 0.2) is 0 Å². The molecular weight excluding hydrogens is 569 g/mol. The zero-order valence-electron chi connectivity index (χ0n) is 15.9. The van der Waals surface area contributed by atoms with Crippen LogP contribution in [0.1, 0.15) is 0 Å². The van der Waals surface area contributed by atoms with E-state index in [0.29, 0.717) is 37.1 Å². The minimum absolute atomic E-state index is 0.509. The van der Waals surface area contributed by atoms with Crippen LogP contribution in [0.2, 0.25) is 0 Å².